The summed E-state index contributed by atoms with van der Waals surface area (Å²) in [4.78, 5) is 86.8. The summed E-state index contributed by atoms with van der Waals surface area (Å²) in [5.41, 5.74) is -0.513. The maximum Gasteiger partial charge on any atom is 0.289 e. The summed E-state index contributed by atoms with van der Waals surface area (Å²) in [5, 5.41) is 14.4. The van der Waals surface area contributed by atoms with Crippen molar-refractivity contribution in [1.29, 1.82) is 0 Å². The molecule has 4 rings (SSSR count). The number of rotatable bonds is 16. The molecule has 0 saturated heterocycles. The molecule has 0 radical (unpaired) electrons. The summed E-state index contributed by atoms with van der Waals surface area (Å²) in [6.45, 7) is 7.89. The lowest BCUT2D eigenvalue weighted by Gasteiger charge is -2.35. The number of Topliss-reactive ketones (excluding diaryl/α,β-unsaturated/α-hetero) is 1. The maximum absolute atomic E-state index is 13.8. The molecule has 5 N–H and O–H groups in total. The average Bonchev–Trinajstić information content (AvgIpc) is 3.79. The van der Waals surface area contributed by atoms with E-state index in [9.17, 15) is 28.8 Å². The molecule has 13 nitrogen and oxygen atoms in total. The van der Waals surface area contributed by atoms with Gasteiger partial charge in [0, 0.05) is 31.4 Å². The van der Waals surface area contributed by atoms with E-state index in [2.05, 4.69) is 36.6 Å². The highest BCUT2D eigenvalue weighted by molar-refractivity contribution is 6.38. The second kappa shape index (κ2) is 17.7. The Kier molecular flexibility index (Phi) is 13.7. The van der Waals surface area contributed by atoms with Gasteiger partial charge in [-0.15, -0.1) is 0 Å². The Hall–Kier alpha value is -3.90. The van der Waals surface area contributed by atoms with Crippen molar-refractivity contribution in [2.45, 2.75) is 135 Å². The first-order chi connectivity index (χ1) is 23.4. The van der Waals surface area contributed by atoms with Gasteiger partial charge in [0.1, 0.15) is 17.8 Å². The summed E-state index contributed by atoms with van der Waals surface area (Å²) >= 11 is 0. The lowest BCUT2D eigenvalue weighted by molar-refractivity contribution is -0.140. The Morgan fingerprint density at radius 3 is 2.18 bits per heavy atom. The molecule has 0 spiro atoms. The maximum atomic E-state index is 13.8. The van der Waals surface area contributed by atoms with Gasteiger partial charge in [0.15, 0.2) is 0 Å². The Morgan fingerprint density at radius 2 is 1.55 bits per heavy atom. The Bertz CT molecular complexity index is 1320. The number of nitrogens with zero attached hydrogens (tertiary/aromatic N) is 2. The minimum absolute atomic E-state index is 0.00706. The molecule has 49 heavy (non-hydrogen) atoms. The van der Waals surface area contributed by atoms with Crippen LogP contribution in [0.1, 0.15) is 122 Å². The molecule has 1 aromatic rings. The molecule has 3 aliphatic carbocycles. The van der Waals surface area contributed by atoms with Crippen LogP contribution >= 0.6 is 0 Å². The molecule has 270 valence electrons. The zero-order valence-electron chi connectivity index (χ0n) is 29.5. The number of amides is 5. The first-order valence-electron chi connectivity index (χ1n) is 18.2. The molecular weight excluding hydrogens is 626 g/mol. The lowest BCUT2D eigenvalue weighted by atomic mass is 9.82. The van der Waals surface area contributed by atoms with Gasteiger partial charge in [0.2, 0.25) is 23.5 Å². The molecule has 1 heterocycles. The molecule has 0 aliphatic heterocycles. The summed E-state index contributed by atoms with van der Waals surface area (Å²) < 4.78 is 0. The van der Waals surface area contributed by atoms with Crippen LogP contribution in [0.15, 0.2) is 18.6 Å². The second-order valence-corrected chi connectivity index (χ2v) is 15.2. The van der Waals surface area contributed by atoms with Crippen LogP contribution in [0.2, 0.25) is 0 Å². The summed E-state index contributed by atoms with van der Waals surface area (Å²) in [7, 11) is 0. The first-order valence-corrected chi connectivity index (χ1v) is 18.2. The topological polar surface area (TPSA) is 188 Å². The fraction of sp³-hybridized carbons (Fsp3) is 0.722. The van der Waals surface area contributed by atoms with Gasteiger partial charge in [-0.2, -0.15) is 0 Å². The molecule has 5 atom stereocenters. The second-order valence-electron chi connectivity index (χ2n) is 15.2. The number of aromatic nitrogens is 2. The van der Waals surface area contributed by atoms with Gasteiger partial charge in [-0.05, 0) is 68.1 Å². The average molecular weight is 682 g/mol. The summed E-state index contributed by atoms with van der Waals surface area (Å²) in [5.74, 6) is -2.75. The molecular formula is C36H55N7O6. The van der Waals surface area contributed by atoms with E-state index in [1.807, 2.05) is 27.7 Å². The molecule has 3 saturated carbocycles. The molecule has 0 bridgehead atoms. The first kappa shape index (κ1) is 37.9. The van der Waals surface area contributed by atoms with E-state index in [4.69, 9.17) is 0 Å². The fourth-order valence-electron chi connectivity index (χ4n) is 7.08. The van der Waals surface area contributed by atoms with E-state index in [1.54, 1.807) is 0 Å². The predicted molar refractivity (Wildman–Crippen MR) is 183 cm³/mol. The van der Waals surface area contributed by atoms with Gasteiger partial charge in [0.05, 0.1) is 12.2 Å². The SMILES string of the molecule is CCCC(NC(=O)C[C@H]1CCC[C@H]1CNC(=O)[C@@H](NC(=O)[C@H](NC(=O)c1cnccn1)C1CCCCC1)C(C)(C)C)C(=O)C(=O)NC1CC1. The minimum Gasteiger partial charge on any atom is -0.354 e. The van der Waals surface area contributed by atoms with E-state index < -0.39 is 47.0 Å². The molecule has 3 fully saturated rings. The van der Waals surface area contributed by atoms with Crippen molar-refractivity contribution in [2.24, 2.45) is 23.2 Å². The number of hydrogen-bond donors (Lipinski definition) is 5. The van der Waals surface area contributed by atoms with E-state index in [1.165, 1.54) is 18.6 Å². The number of hydrogen-bond acceptors (Lipinski definition) is 8. The van der Waals surface area contributed by atoms with Crippen LogP contribution in [0.3, 0.4) is 0 Å². The third-order valence-corrected chi connectivity index (χ3v) is 10.1. The molecule has 13 heteroatoms. The van der Waals surface area contributed by atoms with Crippen LogP contribution in [0.5, 0.6) is 0 Å². The molecule has 1 aromatic heterocycles. The van der Waals surface area contributed by atoms with Crippen molar-refractivity contribution < 1.29 is 28.8 Å². The quantitative estimate of drug-likeness (QED) is 0.165. The third-order valence-electron chi connectivity index (χ3n) is 10.1. The Labute approximate surface area is 289 Å². The highest BCUT2D eigenvalue weighted by Gasteiger charge is 2.39. The van der Waals surface area contributed by atoms with Crippen molar-refractivity contribution in [1.82, 2.24) is 36.6 Å². The number of carbonyl (C=O) groups excluding carboxylic acids is 6. The van der Waals surface area contributed by atoms with Crippen molar-refractivity contribution in [3.63, 3.8) is 0 Å². The highest BCUT2D eigenvalue weighted by Crippen LogP contribution is 2.34. The van der Waals surface area contributed by atoms with E-state index in [0.29, 0.717) is 19.4 Å². The van der Waals surface area contributed by atoms with Crippen molar-refractivity contribution >= 4 is 35.3 Å². The van der Waals surface area contributed by atoms with Crippen LogP contribution < -0.4 is 26.6 Å². The number of nitrogens with one attached hydrogen (secondary N) is 5. The van der Waals surface area contributed by atoms with E-state index in [0.717, 1.165) is 64.2 Å². The van der Waals surface area contributed by atoms with E-state index >= 15 is 0 Å². The van der Waals surface area contributed by atoms with Crippen LogP contribution in [0, 0.1) is 23.2 Å². The van der Waals surface area contributed by atoms with Crippen molar-refractivity contribution in [3.8, 4) is 0 Å². The smallest absolute Gasteiger partial charge is 0.289 e. The summed E-state index contributed by atoms with van der Waals surface area (Å²) in [6.07, 6.45) is 14.4. The molecule has 1 unspecified atom stereocenters. The van der Waals surface area contributed by atoms with Crippen LogP contribution in [0.25, 0.3) is 0 Å². The number of carbonyl (C=O) groups is 6. The van der Waals surface area contributed by atoms with Crippen LogP contribution in [0.4, 0.5) is 0 Å². The monoisotopic (exact) mass is 681 g/mol. The Balaban J connectivity index is 1.35. The van der Waals surface area contributed by atoms with Crippen molar-refractivity contribution in [2.75, 3.05) is 6.54 Å². The lowest BCUT2D eigenvalue weighted by Crippen LogP contribution is -2.60. The normalized spacial score (nSPS) is 21.5. The van der Waals surface area contributed by atoms with Crippen LogP contribution in [-0.2, 0) is 24.0 Å². The van der Waals surface area contributed by atoms with E-state index in [-0.39, 0.29) is 47.7 Å². The zero-order valence-corrected chi connectivity index (χ0v) is 29.5. The molecule has 5 amide bonds. The third kappa shape index (κ3) is 11.3. The fourth-order valence-corrected chi connectivity index (χ4v) is 7.08. The largest absolute Gasteiger partial charge is 0.354 e. The van der Waals surface area contributed by atoms with Gasteiger partial charge >= 0.3 is 0 Å². The van der Waals surface area contributed by atoms with Gasteiger partial charge in [-0.3, -0.25) is 33.8 Å². The zero-order chi connectivity index (χ0) is 35.6. The predicted octanol–water partition coefficient (Wildman–Crippen LogP) is 2.74. The molecule has 3 aliphatic rings. The Morgan fingerprint density at radius 1 is 0.837 bits per heavy atom. The highest BCUT2D eigenvalue weighted by atomic mass is 16.2. The standard InChI is InChI=1S/C36H55N7O6/c1-5-10-26(30(45)34(48)40-25-15-16-25)41-28(44)19-23-13-9-14-24(23)20-39-35(49)31(36(2,3)4)43-33(47)29(22-11-7-6-8-12-22)42-32(46)27-21-37-17-18-38-27/h17-18,21-26,29,31H,5-16,19-20H2,1-4H3,(H,39,49)(H,40,48)(H,41,44)(H,42,46)(H,43,47)/t23-,24+,26?,29-,31-/m1/s1. The van der Waals surface area contributed by atoms with Crippen LogP contribution in [-0.4, -0.2) is 76.0 Å². The van der Waals surface area contributed by atoms with Gasteiger partial charge in [-0.1, -0.05) is 59.8 Å². The van der Waals surface area contributed by atoms with Crippen molar-refractivity contribution in [3.05, 3.63) is 24.3 Å². The molecule has 0 aromatic carbocycles. The number of ketones is 1. The minimum atomic E-state index is -0.870. The van der Waals surface area contributed by atoms with Gasteiger partial charge in [-0.25, -0.2) is 4.98 Å². The summed E-state index contributed by atoms with van der Waals surface area (Å²) in [6, 6.07) is -2.49. The van der Waals surface area contributed by atoms with Gasteiger partial charge < -0.3 is 26.6 Å². The van der Waals surface area contributed by atoms with Gasteiger partial charge in [0.25, 0.3) is 11.8 Å².